The predicted molar refractivity (Wildman–Crippen MR) is 66.3 cm³/mol. The predicted octanol–water partition coefficient (Wildman–Crippen LogP) is 1.10. The highest BCUT2D eigenvalue weighted by Gasteiger charge is 2.34. The highest BCUT2D eigenvalue weighted by Crippen LogP contribution is 2.38. The van der Waals surface area contributed by atoms with E-state index in [2.05, 4.69) is 17.3 Å². The zero-order chi connectivity index (χ0) is 12.4. The van der Waals surface area contributed by atoms with E-state index in [4.69, 9.17) is 5.84 Å². The number of nitrogens with zero attached hydrogens (tertiary/aromatic N) is 2. The van der Waals surface area contributed by atoms with Crippen molar-refractivity contribution in [2.75, 3.05) is 19.0 Å². The summed E-state index contributed by atoms with van der Waals surface area (Å²) < 4.78 is 0. The number of nitrogens with one attached hydrogen (secondary N) is 1. The number of anilines is 1. The molecule has 92 valence electrons. The maximum Gasteiger partial charge on any atom is 0.257 e. The number of carbonyl (C=O) groups is 1. The molecule has 0 radical (unpaired) electrons. The molecule has 1 aromatic rings. The first-order valence-electron chi connectivity index (χ1n) is 5.79. The Labute approximate surface area is 101 Å². The molecule has 0 spiro atoms. The summed E-state index contributed by atoms with van der Waals surface area (Å²) in [7, 11) is 1.82. The van der Waals surface area contributed by atoms with Crippen molar-refractivity contribution in [3.63, 3.8) is 0 Å². The Kier molecular flexibility index (Phi) is 3.28. The van der Waals surface area contributed by atoms with E-state index in [1.54, 1.807) is 23.4 Å². The van der Waals surface area contributed by atoms with Crippen molar-refractivity contribution in [1.29, 1.82) is 0 Å². The van der Waals surface area contributed by atoms with E-state index in [0.717, 1.165) is 12.5 Å². The van der Waals surface area contributed by atoms with Gasteiger partial charge in [0.2, 0.25) is 0 Å². The Bertz CT molecular complexity index is 421. The summed E-state index contributed by atoms with van der Waals surface area (Å²) >= 11 is 0. The number of amides is 1. The van der Waals surface area contributed by atoms with Crippen LogP contribution in [0.3, 0.4) is 0 Å². The lowest BCUT2D eigenvalue weighted by Gasteiger charge is -2.18. The second-order valence-corrected chi connectivity index (χ2v) is 4.72. The van der Waals surface area contributed by atoms with Gasteiger partial charge in [-0.1, -0.05) is 6.92 Å². The third-order valence-corrected chi connectivity index (χ3v) is 3.34. The zero-order valence-electron chi connectivity index (χ0n) is 10.2. The molecule has 0 saturated heterocycles. The summed E-state index contributed by atoms with van der Waals surface area (Å²) in [5.41, 5.74) is 3.65. The number of aromatic nitrogens is 1. The maximum atomic E-state index is 12.2. The number of hydrogen-bond acceptors (Lipinski definition) is 4. The van der Waals surface area contributed by atoms with Crippen LogP contribution in [0, 0.1) is 11.8 Å². The van der Waals surface area contributed by atoms with Gasteiger partial charge in [0.1, 0.15) is 0 Å². The molecule has 1 amide bonds. The Morgan fingerprint density at radius 3 is 3.00 bits per heavy atom. The lowest BCUT2D eigenvalue weighted by molar-refractivity contribution is 0.0787. The lowest BCUT2D eigenvalue weighted by atomic mass is 10.2. The van der Waals surface area contributed by atoms with Crippen LogP contribution in [0.25, 0.3) is 0 Å². The minimum absolute atomic E-state index is 0.0369. The number of nitrogen functional groups attached to an aromatic ring is 1. The molecule has 5 nitrogen and oxygen atoms in total. The molecule has 0 bridgehead atoms. The SMILES string of the molecule is CC1CC1CN(C)C(=O)c1cnccc1NN. The van der Waals surface area contributed by atoms with Crippen LogP contribution in [0.2, 0.25) is 0 Å². The van der Waals surface area contributed by atoms with Gasteiger partial charge in [0.05, 0.1) is 11.3 Å². The molecule has 1 saturated carbocycles. The normalized spacial score (nSPS) is 22.1. The number of pyridine rings is 1. The van der Waals surface area contributed by atoms with E-state index in [-0.39, 0.29) is 5.91 Å². The molecule has 0 aliphatic heterocycles. The fourth-order valence-electron chi connectivity index (χ4n) is 1.98. The molecule has 2 rings (SSSR count). The summed E-state index contributed by atoms with van der Waals surface area (Å²) in [4.78, 5) is 17.9. The van der Waals surface area contributed by atoms with E-state index in [1.807, 2.05) is 7.05 Å². The molecule has 1 aliphatic carbocycles. The monoisotopic (exact) mass is 234 g/mol. The molecule has 2 atom stereocenters. The quantitative estimate of drug-likeness (QED) is 0.604. The highest BCUT2D eigenvalue weighted by molar-refractivity contribution is 5.99. The van der Waals surface area contributed by atoms with Gasteiger partial charge in [0.25, 0.3) is 5.91 Å². The fourth-order valence-corrected chi connectivity index (χ4v) is 1.98. The van der Waals surface area contributed by atoms with Crippen LogP contribution >= 0.6 is 0 Å². The van der Waals surface area contributed by atoms with Crippen molar-refractivity contribution < 1.29 is 4.79 Å². The summed E-state index contributed by atoms with van der Waals surface area (Å²) in [6.45, 7) is 3.01. The maximum absolute atomic E-state index is 12.2. The third kappa shape index (κ3) is 2.55. The van der Waals surface area contributed by atoms with E-state index < -0.39 is 0 Å². The number of hydrogen-bond donors (Lipinski definition) is 2. The molecule has 1 fully saturated rings. The molecular weight excluding hydrogens is 216 g/mol. The average Bonchev–Trinajstić information content (AvgIpc) is 3.03. The van der Waals surface area contributed by atoms with Gasteiger partial charge < -0.3 is 10.3 Å². The van der Waals surface area contributed by atoms with Gasteiger partial charge in [-0.3, -0.25) is 15.6 Å². The largest absolute Gasteiger partial charge is 0.341 e. The summed E-state index contributed by atoms with van der Waals surface area (Å²) in [6.07, 6.45) is 4.37. The van der Waals surface area contributed by atoms with Crippen molar-refractivity contribution in [3.8, 4) is 0 Å². The average molecular weight is 234 g/mol. The van der Waals surface area contributed by atoms with Gasteiger partial charge in [0.15, 0.2) is 0 Å². The van der Waals surface area contributed by atoms with Gasteiger partial charge in [-0.2, -0.15) is 0 Å². The molecule has 3 N–H and O–H groups in total. The topological polar surface area (TPSA) is 71.2 Å². The van der Waals surface area contributed by atoms with Crippen LogP contribution in [0.5, 0.6) is 0 Å². The standard InChI is InChI=1S/C12H18N4O/c1-8-5-9(8)7-16(2)12(17)10-6-14-4-3-11(10)15-13/h3-4,6,8-9H,5,7,13H2,1-2H3,(H,14,15). The number of hydrazine groups is 1. The first-order chi connectivity index (χ1) is 8.13. The third-order valence-electron chi connectivity index (χ3n) is 3.34. The van der Waals surface area contributed by atoms with Crippen molar-refractivity contribution in [3.05, 3.63) is 24.0 Å². The molecular formula is C12H18N4O. The van der Waals surface area contributed by atoms with Crippen molar-refractivity contribution >= 4 is 11.6 Å². The molecule has 2 unspecified atom stereocenters. The summed E-state index contributed by atoms with van der Waals surface area (Å²) in [6, 6.07) is 1.70. The van der Waals surface area contributed by atoms with Gasteiger partial charge in [0, 0.05) is 26.0 Å². The minimum atomic E-state index is -0.0369. The van der Waals surface area contributed by atoms with Gasteiger partial charge in [-0.25, -0.2) is 0 Å². The second kappa shape index (κ2) is 4.71. The molecule has 1 aromatic heterocycles. The molecule has 17 heavy (non-hydrogen) atoms. The van der Waals surface area contributed by atoms with Crippen LogP contribution in [-0.4, -0.2) is 29.4 Å². The Morgan fingerprint density at radius 1 is 1.71 bits per heavy atom. The number of carbonyl (C=O) groups excluding carboxylic acids is 1. The smallest absolute Gasteiger partial charge is 0.257 e. The van der Waals surface area contributed by atoms with Crippen LogP contribution in [-0.2, 0) is 0 Å². The summed E-state index contributed by atoms with van der Waals surface area (Å²) in [5.74, 6) is 6.73. The highest BCUT2D eigenvalue weighted by atomic mass is 16.2. The van der Waals surface area contributed by atoms with Crippen LogP contribution < -0.4 is 11.3 Å². The van der Waals surface area contributed by atoms with Gasteiger partial charge in [-0.15, -0.1) is 0 Å². The van der Waals surface area contributed by atoms with E-state index >= 15 is 0 Å². The fraction of sp³-hybridized carbons (Fsp3) is 0.500. The van der Waals surface area contributed by atoms with Crippen LogP contribution in [0.4, 0.5) is 5.69 Å². The Balaban J connectivity index is 2.07. The molecule has 5 heteroatoms. The van der Waals surface area contributed by atoms with Crippen LogP contribution in [0.1, 0.15) is 23.7 Å². The number of rotatable bonds is 4. The van der Waals surface area contributed by atoms with Gasteiger partial charge >= 0.3 is 0 Å². The Hall–Kier alpha value is -1.62. The van der Waals surface area contributed by atoms with Crippen molar-refractivity contribution in [2.45, 2.75) is 13.3 Å². The summed E-state index contributed by atoms with van der Waals surface area (Å²) in [5, 5.41) is 0. The van der Waals surface area contributed by atoms with E-state index in [9.17, 15) is 4.79 Å². The first-order valence-corrected chi connectivity index (χ1v) is 5.79. The minimum Gasteiger partial charge on any atom is -0.341 e. The van der Waals surface area contributed by atoms with Crippen molar-refractivity contribution in [1.82, 2.24) is 9.88 Å². The Morgan fingerprint density at radius 2 is 2.41 bits per heavy atom. The number of nitrogens with two attached hydrogens (primary N) is 1. The second-order valence-electron chi connectivity index (χ2n) is 4.72. The van der Waals surface area contributed by atoms with Crippen molar-refractivity contribution in [2.24, 2.45) is 17.7 Å². The molecule has 0 aromatic carbocycles. The van der Waals surface area contributed by atoms with Crippen LogP contribution in [0.15, 0.2) is 18.5 Å². The lowest BCUT2D eigenvalue weighted by Crippen LogP contribution is -2.30. The zero-order valence-corrected chi connectivity index (χ0v) is 10.2. The molecule has 1 heterocycles. The molecule has 1 aliphatic rings. The van der Waals surface area contributed by atoms with E-state index in [1.165, 1.54) is 6.42 Å². The first kappa shape index (κ1) is 11.9. The van der Waals surface area contributed by atoms with E-state index in [0.29, 0.717) is 17.2 Å². The van der Waals surface area contributed by atoms with Gasteiger partial charge in [-0.05, 0) is 24.3 Å².